The second-order valence-electron chi connectivity index (χ2n) is 4.96. The molecule has 0 saturated carbocycles. The van der Waals surface area contributed by atoms with Gasteiger partial charge in [0, 0.05) is 13.1 Å². The van der Waals surface area contributed by atoms with E-state index in [1.165, 1.54) is 5.56 Å². The molecule has 0 aliphatic carbocycles. The summed E-state index contributed by atoms with van der Waals surface area (Å²) < 4.78 is 1.75. The molecule has 5 heteroatoms. The molecule has 102 valence electrons. The first-order valence-corrected chi connectivity index (χ1v) is 6.67. The molecule has 1 N–H and O–H groups in total. The van der Waals surface area contributed by atoms with Crippen LogP contribution in [-0.2, 0) is 13.5 Å². The van der Waals surface area contributed by atoms with Crippen LogP contribution >= 0.6 is 0 Å². The molecular weight excluding hydrogens is 250 g/mol. The average Bonchev–Trinajstić information content (AvgIpc) is 2.83. The van der Waals surface area contributed by atoms with Crippen molar-refractivity contribution < 1.29 is 0 Å². The summed E-state index contributed by atoms with van der Waals surface area (Å²) in [5.74, 6) is 0.839. The van der Waals surface area contributed by atoms with Crippen molar-refractivity contribution in [2.24, 2.45) is 7.05 Å². The van der Waals surface area contributed by atoms with Gasteiger partial charge in [-0.3, -0.25) is 4.68 Å². The van der Waals surface area contributed by atoms with Gasteiger partial charge in [0.05, 0.1) is 11.6 Å². The molecule has 3 rings (SSSR count). The van der Waals surface area contributed by atoms with Crippen molar-refractivity contribution in [2.45, 2.75) is 19.4 Å². The van der Waals surface area contributed by atoms with Crippen LogP contribution in [0.15, 0.2) is 42.9 Å². The largest absolute Gasteiger partial charge is 0.367 e. The first-order valence-electron chi connectivity index (χ1n) is 6.67. The van der Waals surface area contributed by atoms with Gasteiger partial charge in [0.2, 0.25) is 0 Å². The van der Waals surface area contributed by atoms with E-state index >= 15 is 0 Å². The first kappa shape index (κ1) is 12.6. The Kier molecular flexibility index (Phi) is 3.33. The predicted molar refractivity (Wildman–Crippen MR) is 79.5 cm³/mol. The van der Waals surface area contributed by atoms with Gasteiger partial charge in [0.15, 0.2) is 5.65 Å². The third-order valence-corrected chi connectivity index (χ3v) is 3.30. The highest BCUT2D eigenvalue weighted by atomic mass is 15.3. The number of nitrogens with one attached hydrogen (secondary N) is 1. The van der Waals surface area contributed by atoms with Crippen LogP contribution in [0.5, 0.6) is 0 Å². The van der Waals surface area contributed by atoms with E-state index in [9.17, 15) is 0 Å². The van der Waals surface area contributed by atoms with Gasteiger partial charge >= 0.3 is 0 Å². The molecule has 0 saturated heterocycles. The number of hydrogen-bond acceptors (Lipinski definition) is 4. The van der Waals surface area contributed by atoms with Gasteiger partial charge < -0.3 is 5.32 Å². The van der Waals surface area contributed by atoms with E-state index in [1.54, 1.807) is 17.2 Å². The van der Waals surface area contributed by atoms with E-state index < -0.39 is 0 Å². The summed E-state index contributed by atoms with van der Waals surface area (Å²) in [4.78, 5) is 8.57. The van der Waals surface area contributed by atoms with Gasteiger partial charge in [-0.1, -0.05) is 30.3 Å². The molecule has 1 unspecified atom stereocenters. The summed E-state index contributed by atoms with van der Waals surface area (Å²) in [6.45, 7) is 2.15. The Morgan fingerprint density at radius 3 is 2.80 bits per heavy atom. The van der Waals surface area contributed by atoms with E-state index in [1.807, 2.05) is 13.1 Å². The lowest BCUT2D eigenvalue weighted by Gasteiger charge is -2.14. The highest BCUT2D eigenvalue weighted by Gasteiger charge is 2.10. The number of aryl methyl sites for hydroxylation is 1. The summed E-state index contributed by atoms with van der Waals surface area (Å²) in [7, 11) is 1.88. The number of anilines is 1. The van der Waals surface area contributed by atoms with Crippen LogP contribution in [-0.4, -0.2) is 25.8 Å². The van der Waals surface area contributed by atoms with Crippen LogP contribution in [0.3, 0.4) is 0 Å². The third-order valence-electron chi connectivity index (χ3n) is 3.30. The minimum absolute atomic E-state index is 0.288. The fourth-order valence-electron chi connectivity index (χ4n) is 2.33. The molecule has 0 fully saturated rings. The van der Waals surface area contributed by atoms with Crippen molar-refractivity contribution in [3.8, 4) is 0 Å². The quantitative estimate of drug-likeness (QED) is 0.788. The fraction of sp³-hybridized carbons (Fsp3) is 0.267. The SMILES string of the molecule is CC(Cc1ccccc1)Nc1ncnc2c1cnn2C. The van der Waals surface area contributed by atoms with E-state index in [0.717, 1.165) is 23.3 Å². The smallest absolute Gasteiger partial charge is 0.163 e. The van der Waals surface area contributed by atoms with Gasteiger partial charge in [0.1, 0.15) is 12.1 Å². The van der Waals surface area contributed by atoms with E-state index in [4.69, 9.17) is 0 Å². The summed E-state index contributed by atoms with van der Waals surface area (Å²) in [6.07, 6.45) is 4.32. The Labute approximate surface area is 117 Å². The van der Waals surface area contributed by atoms with Crippen molar-refractivity contribution in [1.29, 1.82) is 0 Å². The molecule has 5 nitrogen and oxygen atoms in total. The van der Waals surface area contributed by atoms with Crippen LogP contribution in [0.2, 0.25) is 0 Å². The first-order chi connectivity index (χ1) is 9.74. The highest BCUT2D eigenvalue weighted by molar-refractivity contribution is 5.86. The van der Waals surface area contributed by atoms with Gasteiger partial charge in [0.25, 0.3) is 0 Å². The van der Waals surface area contributed by atoms with Crippen LogP contribution < -0.4 is 5.32 Å². The molecule has 1 atom stereocenters. The standard InChI is InChI=1S/C15H17N5/c1-11(8-12-6-4-3-5-7-12)19-14-13-9-18-20(2)15(13)17-10-16-14/h3-7,9-11H,8H2,1-2H3,(H,16,17,19). The molecule has 0 bridgehead atoms. The number of rotatable bonds is 4. The molecule has 3 aromatic rings. The zero-order chi connectivity index (χ0) is 13.9. The Bertz CT molecular complexity index is 705. The van der Waals surface area contributed by atoms with Crippen molar-refractivity contribution in [1.82, 2.24) is 19.7 Å². The fourth-order valence-corrected chi connectivity index (χ4v) is 2.33. The van der Waals surface area contributed by atoms with Crippen molar-refractivity contribution >= 4 is 16.9 Å². The Balaban J connectivity index is 1.79. The zero-order valence-electron chi connectivity index (χ0n) is 11.6. The molecule has 0 spiro atoms. The molecule has 0 radical (unpaired) electrons. The maximum atomic E-state index is 4.33. The van der Waals surface area contributed by atoms with Gasteiger partial charge in [-0.05, 0) is 18.9 Å². The normalized spacial score (nSPS) is 12.5. The minimum Gasteiger partial charge on any atom is -0.367 e. The zero-order valence-corrected chi connectivity index (χ0v) is 11.6. The summed E-state index contributed by atoms with van der Waals surface area (Å²) >= 11 is 0. The van der Waals surface area contributed by atoms with Gasteiger partial charge in [-0.15, -0.1) is 0 Å². The van der Waals surface area contributed by atoms with Crippen molar-refractivity contribution in [2.75, 3.05) is 5.32 Å². The van der Waals surface area contributed by atoms with Gasteiger partial charge in [-0.2, -0.15) is 5.10 Å². The van der Waals surface area contributed by atoms with Crippen LogP contribution in [0.25, 0.3) is 11.0 Å². The molecule has 20 heavy (non-hydrogen) atoms. The summed E-state index contributed by atoms with van der Waals surface area (Å²) in [5, 5.41) is 8.62. The van der Waals surface area contributed by atoms with E-state index in [2.05, 4.69) is 51.6 Å². The molecule has 0 aliphatic heterocycles. The number of fused-ring (bicyclic) bond motifs is 1. The Morgan fingerprint density at radius 2 is 2.00 bits per heavy atom. The van der Waals surface area contributed by atoms with Gasteiger partial charge in [-0.25, -0.2) is 9.97 Å². The number of hydrogen-bond donors (Lipinski definition) is 1. The number of aromatic nitrogens is 4. The maximum Gasteiger partial charge on any atom is 0.163 e. The second-order valence-corrected chi connectivity index (χ2v) is 4.96. The van der Waals surface area contributed by atoms with E-state index in [-0.39, 0.29) is 6.04 Å². The minimum atomic E-state index is 0.288. The van der Waals surface area contributed by atoms with Crippen LogP contribution in [0.4, 0.5) is 5.82 Å². The summed E-state index contributed by atoms with van der Waals surface area (Å²) in [5.41, 5.74) is 2.15. The highest BCUT2D eigenvalue weighted by Crippen LogP contribution is 2.19. The molecule has 2 heterocycles. The molecular formula is C15H17N5. The molecule has 2 aromatic heterocycles. The maximum absolute atomic E-state index is 4.33. The number of benzene rings is 1. The Hall–Kier alpha value is -2.43. The lowest BCUT2D eigenvalue weighted by molar-refractivity contribution is 0.780. The van der Waals surface area contributed by atoms with Crippen LogP contribution in [0, 0.1) is 0 Å². The third kappa shape index (κ3) is 2.47. The number of nitrogens with zero attached hydrogens (tertiary/aromatic N) is 4. The van der Waals surface area contributed by atoms with Crippen LogP contribution in [0.1, 0.15) is 12.5 Å². The lowest BCUT2D eigenvalue weighted by Crippen LogP contribution is -2.19. The second kappa shape index (κ2) is 5.28. The topological polar surface area (TPSA) is 55.6 Å². The average molecular weight is 267 g/mol. The molecule has 0 amide bonds. The summed E-state index contributed by atoms with van der Waals surface area (Å²) in [6, 6.07) is 10.7. The monoisotopic (exact) mass is 267 g/mol. The predicted octanol–water partition coefficient (Wildman–Crippen LogP) is 2.41. The molecule has 0 aliphatic rings. The van der Waals surface area contributed by atoms with E-state index in [0.29, 0.717) is 0 Å². The van der Waals surface area contributed by atoms with Crippen molar-refractivity contribution in [3.63, 3.8) is 0 Å². The molecule has 1 aromatic carbocycles. The Morgan fingerprint density at radius 1 is 1.20 bits per heavy atom. The van der Waals surface area contributed by atoms with Crippen molar-refractivity contribution in [3.05, 3.63) is 48.4 Å². The lowest BCUT2D eigenvalue weighted by atomic mass is 10.1.